The summed E-state index contributed by atoms with van der Waals surface area (Å²) in [6.07, 6.45) is 0. The molecule has 0 bridgehead atoms. The van der Waals surface area contributed by atoms with Gasteiger partial charge in [-0.15, -0.1) is 11.8 Å². The molecule has 164 valence electrons. The molecule has 0 unspecified atom stereocenters. The van der Waals surface area contributed by atoms with Crippen LogP contribution in [0.15, 0.2) is 46.2 Å². The molecule has 2 aromatic rings. The summed E-state index contributed by atoms with van der Waals surface area (Å²) in [6.45, 7) is -0.442. The van der Waals surface area contributed by atoms with Crippen LogP contribution in [0.4, 0.5) is 13.2 Å². The Morgan fingerprint density at radius 2 is 1.60 bits per heavy atom. The molecule has 0 radical (unpaired) electrons. The Labute approximate surface area is 177 Å². The minimum atomic E-state index is -3.81. The van der Waals surface area contributed by atoms with Crippen molar-refractivity contribution >= 4 is 27.7 Å². The summed E-state index contributed by atoms with van der Waals surface area (Å²) in [7, 11) is 0.537. The molecule has 1 amide bonds. The molecule has 0 fully saturated rings. The van der Waals surface area contributed by atoms with Gasteiger partial charge in [0.25, 0.3) is 5.91 Å². The molecule has 2 aromatic carbocycles. The number of carbonyl (C=O) groups excluding carboxylic acids is 1. The van der Waals surface area contributed by atoms with Gasteiger partial charge in [-0.1, -0.05) is 0 Å². The van der Waals surface area contributed by atoms with Crippen LogP contribution < -0.4 is 4.74 Å². The standard InChI is InChI=1S/C19H21F3N2O4S2/c1-23(2)18(25)12-28-19-16(21)10-14(11-17(19)22)29-9-8-24(3)30(26,27)15-6-4-13(20)5-7-15/h4-7,10-11H,8-9,12H2,1-3H3. The number of likely N-dealkylation sites (N-methyl/N-ethyl adjacent to an activating group) is 1. The Morgan fingerprint density at radius 3 is 2.13 bits per heavy atom. The molecular formula is C19H21F3N2O4S2. The van der Waals surface area contributed by atoms with Crippen molar-refractivity contribution in [3.63, 3.8) is 0 Å². The number of hydrogen-bond acceptors (Lipinski definition) is 5. The smallest absolute Gasteiger partial charge is 0.259 e. The van der Waals surface area contributed by atoms with E-state index in [1.807, 2.05) is 0 Å². The summed E-state index contributed by atoms with van der Waals surface area (Å²) in [5.74, 6) is -3.35. The predicted molar refractivity (Wildman–Crippen MR) is 107 cm³/mol. The highest BCUT2D eigenvalue weighted by atomic mass is 32.2. The lowest BCUT2D eigenvalue weighted by molar-refractivity contribution is -0.130. The fourth-order valence-electron chi connectivity index (χ4n) is 2.22. The monoisotopic (exact) mass is 462 g/mol. The molecule has 0 saturated heterocycles. The Morgan fingerprint density at radius 1 is 1.03 bits per heavy atom. The van der Waals surface area contributed by atoms with Gasteiger partial charge >= 0.3 is 0 Å². The molecule has 6 nitrogen and oxygen atoms in total. The zero-order chi connectivity index (χ0) is 22.5. The van der Waals surface area contributed by atoms with Crippen molar-refractivity contribution in [3.8, 4) is 5.75 Å². The summed E-state index contributed by atoms with van der Waals surface area (Å²) in [5, 5.41) is 0. The largest absolute Gasteiger partial charge is 0.478 e. The van der Waals surface area contributed by atoms with Gasteiger partial charge in [-0.2, -0.15) is 0 Å². The van der Waals surface area contributed by atoms with Gasteiger partial charge in [0.05, 0.1) is 4.90 Å². The van der Waals surface area contributed by atoms with Crippen LogP contribution in [0.3, 0.4) is 0 Å². The zero-order valence-corrected chi connectivity index (χ0v) is 18.2. The Hall–Kier alpha value is -2.24. The van der Waals surface area contributed by atoms with E-state index in [9.17, 15) is 26.4 Å². The zero-order valence-electron chi connectivity index (χ0n) is 16.6. The van der Waals surface area contributed by atoms with Gasteiger partial charge in [-0.25, -0.2) is 25.9 Å². The minimum Gasteiger partial charge on any atom is -0.478 e. The van der Waals surface area contributed by atoms with Gasteiger partial charge in [-0.05, 0) is 36.4 Å². The van der Waals surface area contributed by atoms with Crippen molar-refractivity contribution < 1.29 is 31.1 Å². The second-order valence-corrected chi connectivity index (χ2v) is 9.64. The van der Waals surface area contributed by atoms with Gasteiger partial charge in [0, 0.05) is 38.3 Å². The number of ether oxygens (including phenoxy) is 1. The lowest BCUT2D eigenvalue weighted by atomic mass is 10.3. The maximum Gasteiger partial charge on any atom is 0.259 e. The topological polar surface area (TPSA) is 66.9 Å². The third kappa shape index (κ3) is 6.13. The molecule has 11 heteroatoms. The first-order chi connectivity index (χ1) is 14.0. The van der Waals surface area contributed by atoms with Gasteiger partial charge in [0.1, 0.15) is 5.82 Å². The molecule has 0 heterocycles. The molecule has 0 spiro atoms. The number of rotatable bonds is 9. The molecule has 0 aliphatic carbocycles. The fourth-order valence-corrected chi connectivity index (χ4v) is 4.48. The molecular weight excluding hydrogens is 441 g/mol. The third-order valence-corrected chi connectivity index (χ3v) is 6.83. The first-order valence-corrected chi connectivity index (χ1v) is 11.1. The van der Waals surface area contributed by atoms with Crippen LogP contribution >= 0.6 is 11.8 Å². The van der Waals surface area contributed by atoms with Gasteiger partial charge in [0.2, 0.25) is 10.0 Å². The highest BCUT2D eigenvalue weighted by Gasteiger charge is 2.21. The van der Waals surface area contributed by atoms with Crippen molar-refractivity contribution in [3.05, 3.63) is 53.8 Å². The van der Waals surface area contributed by atoms with Gasteiger partial charge < -0.3 is 9.64 Å². The van der Waals surface area contributed by atoms with Crippen LogP contribution in [-0.2, 0) is 14.8 Å². The lowest BCUT2D eigenvalue weighted by Gasteiger charge is -2.17. The van der Waals surface area contributed by atoms with Gasteiger partial charge in [0.15, 0.2) is 24.0 Å². The number of thioether (sulfide) groups is 1. The fraction of sp³-hybridized carbons (Fsp3) is 0.316. The van der Waals surface area contributed by atoms with Crippen LogP contribution in [0, 0.1) is 17.5 Å². The number of nitrogens with zero attached hydrogens (tertiary/aromatic N) is 2. The number of carbonyl (C=O) groups is 1. The van der Waals surface area contributed by atoms with Crippen molar-refractivity contribution in [1.29, 1.82) is 0 Å². The number of halogens is 3. The molecule has 0 aliphatic rings. The molecule has 2 rings (SSSR count). The minimum absolute atomic E-state index is 0.0535. The predicted octanol–water partition coefficient (Wildman–Crippen LogP) is 2.98. The third-order valence-electron chi connectivity index (χ3n) is 4.01. The van der Waals surface area contributed by atoms with E-state index in [0.29, 0.717) is 0 Å². The van der Waals surface area contributed by atoms with Crippen LogP contribution in [0.1, 0.15) is 0 Å². The highest BCUT2D eigenvalue weighted by Crippen LogP contribution is 2.29. The van der Waals surface area contributed by atoms with E-state index in [1.54, 1.807) is 0 Å². The van der Waals surface area contributed by atoms with E-state index in [1.165, 1.54) is 38.2 Å². The second-order valence-electron chi connectivity index (χ2n) is 6.42. The SMILES string of the molecule is CN(C)C(=O)COc1c(F)cc(SCCN(C)S(=O)(=O)c2ccc(F)cc2)cc1F. The molecule has 30 heavy (non-hydrogen) atoms. The van der Waals surface area contributed by atoms with E-state index in [-0.39, 0.29) is 22.1 Å². The summed E-state index contributed by atoms with van der Waals surface area (Å²) < 4.78 is 72.2. The van der Waals surface area contributed by atoms with E-state index < -0.39 is 45.7 Å². The second kappa shape index (κ2) is 10.2. The summed E-state index contributed by atoms with van der Waals surface area (Å²) >= 11 is 1.05. The van der Waals surface area contributed by atoms with E-state index in [0.717, 1.165) is 40.3 Å². The molecule has 0 aromatic heterocycles. The Kier molecular flexibility index (Phi) is 8.16. The first-order valence-electron chi connectivity index (χ1n) is 8.69. The molecule has 0 aliphatic heterocycles. The maximum atomic E-state index is 14.2. The molecule has 0 atom stereocenters. The van der Waals surface area contributed by atoms with E-state index in [4.69, 9.17) is 4.74 Å². The Balaban J connectivity index is 1.97. The average molecular weight is 463 g/mol. The number of benzene rings is 2. The Bertz CT molecular complexity index is 976. The van der Waals surface area contributed by atoms with Gasteiger partial charge in [-0.3, -0.25) is 4.79 Å². The highest BCUT2D eigenvalue weighted by molar-refractivity contribution is 7.99. The summed E-state index contributed by atoms with van der Waals surface area (Å²) in [5.41, 5.74) is 0. The summed E-state index contributed by atoms with van der Waals surface area (Å²) in [6, 6.07) is 6.54. The van der Waals surface area contributed by atoms with Crippen molar-refractivity contribution in [2.24, 2.45) is 0 Å². The number of amides is 1. The van der Waals surface area contributed by atoms with Crippen LogP contribution in [0.25, 0.3) is 0 Å². The first kappa shape index (κ1) is 24.0. The normalized spacial score (nSPS) is 11.6. The van der Waals surface area contributed by atoms with Crippen molar-refractivity contribution in [2.75, 3.05) is 40.0 Å². The molecule has 0 saturated carbocycles. The summed E-state index contributed by atoms with van der Waals surface area (Å²) in [4.78, 5) is 12.9. The number of hydrogen-bond donors (Lipinski definition) is 0. The molecule has 0 N–H and O–H groups in total. The van der Waals surface area contributed by atoms with E-state index in [2.05, 4.69) is 0 Å². The van der Waals surface area contributed by atoms with Crippen molar-refractivity contribution in [1.82, 2.24) is 9.21 Å². The lowest BCUT2D eigenvalue weighted by Crippen LogP contribution is -2.29. The van der Waals surface area contributed by atoms with Crippen LogP contribution in [0.2, 0.25) is 0 Å². The maximum absolute atomic E-state index is 14.2. The average Bonchev–Trinajstić information content (AvgIpc) is 2.67. The van der Waals surface area contributed by atoms with Crippen LogP contribution in [0.5, 0.6) is 5.75 Å². The van der Waals surface area contributed by atoms with E-state index >= 15 is 0 Å². The van der Waals surface area contributed by atoms with Crippen molar-refractivity contribution in [2.45, 2.75) is 9.79 Å². The van der Waals surface area contributed by atoms with Crippen LogP contribution in [-0.4, -0.2) is 63.6 Å². The quantitative estimate of drug-likeness (QED) is 0.536. The number of sulfonamides is 1.